The van der Waals surface area contributed by atoms with Crippen LogP contribution in [0.2, 0.25) is 0 Å². The van der Waals surface area contributed by atoms with Crippen LogP contribution >= 0.6 is 15.9 Å². The van der Waals surface area contributed by atoms with Crippen LogP contribution in [0.25, 0.3) is 0 Å². The summed E-state index contributed by atoms with van der Waals surface area (Å²) in [7, 11) is 0. The summed E-state index contributed by atoms with van der Waals surface area (Å²) in [4.78, 5) is 4.16. The first kappa shape index (κ1) is 12.9. The van der Waals surface area contributed by atoms with Crippen LogP contribution in [0, 0.1) is 0 Å². The molecule has 0 amide bonds. The predicted octanol–water partition coefficient (Wildman–Crippen LogP) is 3.85. The molecule has 1 N–H and O–H groups in total. The fraction of sp³-hybridized carbons (Fsp3) is 0.214. The molecule has 4 heteroatoms. The number of pyridine rings is 1. The number of benzene rings is 1. The summed E-state index contributed by atoms with van der Waals surface area (Å²) in [5.41, 5.74) is 2.22. The van der Waals surface area contributed by atoms with Gasteiger partial charge in [0.25, 0.3) is 0 Å². The average molecular weight is 307 g/mol. The predicted molar refractivity (Wildman–Crippen MR) is 76.9 cm³/mol. The summed E-state index contributed by atoms with van der Waals surface area (Å²) < 4.78 is 6.24. The molecule has 0 bridgehead atoms. The van der Waals surface area contributed by atoms with Crippen molar-refractivity contribution in [2.24, 2.45) is 0 Å². The summed E-state index contributed by atoms with van der Waals surface area (Å²) in [6, 6.07) is 12.0. The van der Waals surface area contributed by atoms with Crippen molar-refractivity contribution in [3.05, 3.63) is 52.8 Å². The van der Waals surface area contributed by atoms with E-state index in [1.165, 1.54) is 5.56 Å². The van der Waals surface area contributed by atoms with Gasteiger partial charge in [-0.3, -0.25) is 0 Å². The molecule has 1 heterocycles. The van der Waals surface area contributed by atoms with Gasteiger partial charge in [-0.05, 0) is 52.7 Å². The molecule has 2 aromatic rings. The lowest BCUT2D eigenvalue weighted by molar-refractivity contribution is 0.340. The maximum Gasteiger partial charge on any atom is 0.119 e. The molecule has 18 heavy (non-hydrogen) atoms. The SMILES string of the molecule is CCOc1ccc(CNc2ccc(Br)nc2)cc1. The highest BCUT2D eigenvalue weighted by Crippen LogP contribution is 2.14. The fourth-order valence-electron chi connectivity index (χ4n) is 1.55. The summed E-state index contributed by atoms with van der Waals surface area (Å²) in [5.74, 6) is 0.909. The van der Waals surface area contributed by atoms with E-state index >= 15 is 0 Å². The molecule has 0 fully saturated rings. The smallest absolute Gasteiger partial charge is 0.119 e. The average Bonchev–Trinajstić information content (AvgIpc) is 2.40. The van der Waals surface area contributed by atoms with Gasteiger partial charge in [-0.2, -0.15) is 0 Å². The fourth-order valence-corrected chi connectivity index (χ4v) is 1.79. The van der Waals surface area contributed by atoms with Crippen molar-refractivity contribution in [1.82, 2.24) is 4.98 Å². The zero-order valence-electron chi connectivity index (χ0n) is 10.2. The Kier molecular flexibility index (Phi) is 4.59. The van der Waals surface area contributed by atoms with Crippen LogP contribution in [-0.2, 0) is 6.54 Å². The zero-order valence-corrected chi connectivity index (χ0v) is 11.8. The van der Waals surface area contributed by atoms with Crippen LogP contribution in [0.3, 0.4) is 0 Å². The molecule has 0 saturated carbocycles. The van der Waals surface area contributed by atoms with E-state index in [9.17, 15) is 0 Å². The van der Waals surface area contributed by atoms with Crippen molar-refractivity contribution in [2.45, 2.75) is 13.5 Å². The Labute approximate surface area is 115 Å². The van der Waals surface area contributed by atoms with Gasteiger partial charge < -0.3 is 10.1 Å². The van der Waals surface area contributed by atoms with Crippen molar-refractivity contribution in [2.75, 3.05) is 11.9 Å². The minimum absolute atomic E-state index is 0.697. The van der Waals surface area contributed by atoms with Crippen molar-refractivity contribution in [3.8, 4) is 5.75 Å². The topological polar surface area (TPSA) is 34.1 Å². The lowest BCUT2D eigenvalue weighted by Crippen LogP contribution is -2.00. The molecular weight excluding hydrogens is 292 g/mol. The first-order valence-corrected chi connectivity index (χ1v) is 6.64. The summed E-state index contributed by atoms with van der Waals surface area (Å²) in [6.45, 7) is 3.45. The van der Waals surface area contributed by atoms with Crippen LogP contribution in [0.1, 0.15) is 12.5 Å². The van der Waals surface area contributed by atoms with E-state index in [1.54, 1.807) is 6.20 Å². The van der Waals surface area contributed by atoms with E-state index in [-0.39, 0.29) is 0 Å². The lowest BCUT2D eigenvalue weighted by atomic mass is 10.2. The van der Waals surface area contributed by atoms with Gasteiger partial charge in [0.2, 0.25) is 0 Å². The summed E-state index contributed by atoms with van der Waals surface area (Å²) in [5, 5.41) is 3.32. The Morgan fingerprint density at radius 1 is 1.17 bits per heavy atom. The molecule has 0 unspecified atom stereocenters. The monoisotopic (exact) mass is 306 g/mol. The maximum absolute atomic E-state index is 5.40. The van der Waals surface area contributed by atoms with Gasteiger partial charge >= 0.3 is 0 Å². The number of rotatable bonds is 5. The van der Waals surface area contributed by atoms with Gasteiger partial charge in [0.1, 0.15) is 10.4 Å². The number of halogens is 1. The lowest BCUT2D eigenvalue weighted by Gasteiger charge is -2.07. The minimum atomic E-state index is 0.697. The number of aromatic nitrogens is 1. The van der Waals surface area contributed by atoms with Crippen LogP contribution in [0.4, 0.5) is 5.69 Å². The van der Waals surface area contributed by atoms with E-state index in [1.807, 2.05) is 31.2 Å². The highest BCUT2D eigenvalue weighted by molar-refractivity contribution is 9.10. The van der Waals surface area contributed by atoms with Gasteiger partial charge in [-0.15, -0.1) is 0 Å². The Hall–Kier alpha value is -1.55. The number of hydrogen-bond acceptors (Lipinski definition) is 3. The van der Waals surface area contributed by atoms with Crippen LogP contribution < -0.4 is 10.1 Å². The molecule has 94 valence electrons. The molecule has 1 aromatic heterocycles. The highest BCUT2D eigenvalue weighted by atomic mass is 79.9. The van der Waals surface area contributed by atoms with Gasteiger partial charge in [-0.25, -0.2) is 4.98 Å². The van der Waals surface area contributed by atoms with Crippen molar-refractivity contribution in [1.29, 1.82) is 0 Å². The third-order valence-electron chi connectivity index (χ3n) is 2.46. The molecule has 2 rings (SSSR count). The second-order valence-electron chi connectivity index (χ2n) is 3.80. The van der Waals surface area contributed by atoms with Crippen molar-refractivity contribution < 1.29 is 4.74 Å². The van der Waals surface area contributed by atoms with E-state index in [4.69, 9.17) is 4.74 Å². The highest BCUT2D eigenvalue weighted by Gasteiger charge is 1.96. The van der Waals surface area contributed by atoms with E-state index in [2.05, 4.69) is 38.4 Å². The number of anilines is 1. The van der Waals surface area contributed by atoms with Gasteiger partial charge in [0, 0.05) is 6.54 Å². The molecule has 0 aliphatic heterocycles. The zero-order chi connectivity index (χ0) is 12.8. The van der Waals surface area contributed by atoms with E-state index in [0.717, 1.165) is 22.6 Å². The van der Waals surface area contributed by atoms with E-state index < -0.39 is 0 Å². The molecule has 0 aliphatic rings. The first-order valence-electron chi connectivity index (χ1n) is 5.85. The second kappa shape index (κ2) is 6.40. The van der Waals surface area contributed by atoms with Gasteiger partial charge in [0.05, 0.1) is 18.5 Å². The van der Waals surface area contributed by atoms with Crippen molar-refractivity contribution in [3.63, 3.8) is 0 Å². The second-order valence-corrected chi connectivity index (χ2v) is 4.61. The Bertz CT molecular complexity index is 482. The molecule has 1 aromatic carbocycles. The Balaban J connectivity index is 1.91. The maximum atomic E-state index is 5.40. The largest absolute Gasteiger partial charge is 0.494 e. The third-order valence-corrected chi connectivity index (χ3v) is 2.93. The van der Waals surface area contributed by atoms with Gasteiger partial charge in [-0.1, -0.05) is 12.1 Å². The molecule has 0 spiro atoms. The molecule has 0 radical (unpaired) electrons. The molecule has 3 nitrogen and oxygen atoms in total. The Morgan fingerprint density at radius 3 is 2.56 bits per heavy atom. The first-order chi connectivity index (χ1) is 8.78. The minimum Gasteiger partial charge on any atom is -0.494 e. The van der Waals surface area contributed by atoms with Gasteiger partial charge in [0.15, 0.2) is 0 Å². The molecule has 0 saturated heterocycles. The normalized spacial score (nSPS) is 10.1. The standard InChI is InChI=1S/C14H15BrN2O/c1-2-18-13-6-3-11(4-7-13)9-16-12-5-8-14(15)17-10-12/h3-8,10,16H,2,9H2,1H3. The summed E-state index contributed by atoms with van der Waals surface area (Å²) >= 11 is 3.31. The van der Waals surface area contributed by atoms with Crippen molar-refractivity contribution >= 4 is 21.6 Å². The molecule has 0 atom stereocenters. The molecular formula is C14H15BrN2O. The van der Waals surface area contributed by atoms with Crippen LogP contribution in [0.15, 0.2) is 47.2 Å². The number of ether oxygens (including phenoxy) is 1. The number of nitrogens with zero attached hydrogens (tertiary/aromatic N) is 1. The Morgan fingerprint density at radius 2 is 1.94 bits per heavy atom. The summed E-state index contributed by atoms with van der Waals surface area (Å²) in [6.07, 6.45) is 1.80. The third kappa shape index (κ3) is 3.74. The van der Waals surface area contributed by atoms with E-state index in [0.29, 0.717) is 6.61 Å². The van der Waals surface area contributed by atoms with Crippen LogP contribution in [0.5, 0.6) is 5.75 Å². The number of nitrogens with one attached hydrogen (secondary N) is 1. The quantitative estimate of drug-likeness (QED) is 0.852. The van der Waals surface area contributed by atoms with Crippen LogP contribution in [-0.4, -0.2) is 11.6 Å². The number of hydrogen-bond donors (Lipinski definition) is 1. The molecule has 0 aliphatic carbocycles.